The van der Waals surface area contributed by atoms with E-state index in [1.807, 2.05) is 61.4 Å². The molecule has 2 heterocycles. The normalized spacial score (nSPS) is 10.6. The highest BCUT2D eigenvalue weighted by molar-refractivity contribution is 5.71. The third kappa shape index (κ3) is 2.43. The summed E-state index contributed by atoms with van der Waals surface area (Å²) in [6.07, 6.45) is 4.38. The van der Waals surface area contributed by atoms with Crippen molar-refractivity contribution in [3.05, 3.63) is 48.4 Å². The molecule has 6 heteroatoms. The minimum Gasteiger partial charge on any atom is -0.329 e. The number of hydrogen-bond acceptors (Lipinski definition) is 3. The van der Waals surface area contributed by atoms with Crippen LogP contribution in [0.15, 0.2) is 42.7 Å². The zero-order valence-electron chi connectivity index (χ0n) is 11.8. The number of benzene rings is 1. The van der Waals surface area contributed by atoms with Gasteiger partial charge in [0.2, 0.25) is 6.41 Å². The van der Waals surface area contributed by atoms with Gasteiger partial charge in [-0.2, -0.15) is 10.2 Å². The fourth-order valence-electron chi connectivity index (χ4n) is 2.14. The van der Waals surface area contributed by atoms with Gasteiger partial charge in [0.1, 0.15) is 0 Å². The fourth-order valence-corrected chi connectivity index (χ4v) is 2.14. The summed E-state index contributed by atoms with van der Waals surface area (Å²) in [4.78, 5) is 10.4. The highest BCUT2D eigenvalue weighted by Crippen LogP contribution is 2.22. The van der Waals surface area contributed by atoms with Gasteiger partial charge in [-0.25, -0.2) is 4.68 Å². The summed E-state index contributed by atoms with van der Waals surface area (Å²) in [5.74, 6) is 0. The van der Waals surface area contributed by atoms with E-state index in [-0.39, 0.29) is 0 Å². The quantitative estimate of drug-likeness (QED) is 0.745. The molecule has 0 aliphatic heterocycles. The van der Waals surface area contributed by atoms with E-state index >= 15 is 0 Å². The van der Waals surface area contributed by atoms with E-state index in [1.165, 1.54) is 0 Å². The second kappa shape index (κ2) is 5.24. The summed E-state index contributed by atoms with van der Waals surface area (Å²) in [6.45, 7) is 2.02. The van der Waals surface area contributed by atoms with Gasteiger partial charge in [0.15, 0.2) is 0 Å². The van der Waals surface area contributed by atoms with Gasteiger partial charge in [-0.15, -0.1) is 0 Å². The molecule has 0 unspecified atom stereocenters. The first-order chi connectivity index (χ1) is 10.2. The maximum atomic E-state index is 10.4. The van der Waals surface area contributed by atoms with Crippen molar-refractivity contribution in [2.45, 2.75) is 6.92 Å². The van der Waals surface area contributed by atoms with Crippen LogP contribution < -0.4 is 5.32 Å². The molecule has 0 bridgehead atoms. The molecule has 0 fully saturated rings. The van der Waals surface area contributed by atoms with Gasteiger partial charge < -0.3 is 5.32 Å². The van der Waals surface area contributed by atoms with Crippen molar-refractivity contribution in [2.24, 2.45) is 7.05 Å². The van der Waals surface area contributed by atoms with E-state index in [2.05, 4.69) is 15.5 Å². The van der Waals surface area contributed by atoms with Crippen molar-refractivity contribution in [1.29, 1.82) is 0 Å². The lowest BCUT2D eigenvalue weighted by Gasteiger charge is -2.03. The Kier molecular flexibility index (Phi) is 3.27. The number of aromatic nitrogens is 4. The van der Waals surface area contributed by atoms with E-state index in [1.54, 1.807) is 4.68 Å². The second-order valence-electron chi connectivity index (χ2n) is 4.72. The van der Waals surface area contributed by atoms with E-state index in [4.69, 9.17) is 0 Å². The number of hydrogen-bond donors (Lipinski definition) is 1. The minimum absolute atomic E-state index is 0.659. The fraction of sp³-hybridized carbons (Fsp3) is 0.133. The summed E-state index contributed by atoms with van der Waals surface area (Å²) in [5, 5.41) is 11.4. The van der Waals surface area contributed by atoms with E-state index in [0.29, 0.717) is 6.41 Å². The molecular formula is C15H15N5O. The van der Waals surface area contributed by atoms with Crippen molar-refractivity contribution in [3.63, 3.8) is 0 Å². The number of amides is 1. The number of aryl methyl sites for hydroxylation is 1. The molecule has 1 N–H and O–H groups in total. The van der Waals surface area contributed by atoms with Gasteiger partial charge in [0.25, 0.3) is 0 Å². The molecule has 1 aromatic carbocycles. The van der Waals surface area contributed by atoms with Crippen LogP contribution in [-0.2, 0) is 11.8 Å². The predicted molar refractivity (Wildman–Crippen MR) is 80.2 cm³/mol. The molecule has 0 aliphatic rings. The Labute approximate surface area is 122 Å². The van der Waals surface area contributed by atoms with Crippen LogP contribution in [0.1, 0.15) is 5.69 Å². The molecule has 3 rings (SSSR count). The van der Waals surface area contributed by atoms with Crippen LogP contribution in [0, 0.1) is 6.92 Å². The summed E-state index contributed by atoms with van der Waals surface area (Å²) >= 11 is 0. The molecule has 106 valence electrons. The summed E-state index contributed by atoms with van der Waals surface area (Å²) in [6, 6.07) is 9.43. The van der Waals surface area contributed by atoms with Crippen LogP contribution >= 0.6 is 0 Å². The highest BCUT2D eigenvalue weighted by Gasteiger charge is 2.10. The first kappa shape index (κ1) is 13.1. The molecule has 21 heavy (non-hydrogen) atoms. The lowest BCUT2D eigenvalue weighted by atomic mass is 10.2. The van der Waals surface area contributed by atoms with Crippen LogP contribution in [-0.4, -0.2) is 26.0 Å². The number of nitrogens with zero attached hydrogens (tertiary/aromatic N) is 4. The van der Waals surface area contributed by atoms with Gasteiger partial charge in [0, 0.05) is 30.2 Å². The summed E-state index contributed by atoms with van der Waals surface area (Å²) in [5.41, 5.74) is 4.67. The zero-order valence-corrected chi connectivity index (χ0v) is 11.8. The van der Waals surface area contributed by atoms with Gasteiger partial charge in [0.05, 0.1) is 17.6 Å². The van der Waals surface area contributed by atoms with Gasteiger partial charge in [-0.1, -0.05) is 0 Å². The molecular weight excluding hydrogens is 266 g/mol. The van der Waals surface area contributed by atoms with E-state index in [9.17, 15) is 4.79 Å². The summed E-state index contributed by atoms with van der Waals surface area (Å²) < 4.78 is 3.63. The Hall–Kier alpha value is -2.89. The van der Waals surface area contributed by atoms with Crippen LogP contribution in [0.2, 0.25) is 0 Å². The van der Waals surface area contributed by atoms with Crippen LogP contribution in [0.25, 0.3) is 16.9 Å². The lowest BCUT2D eigenvalue weighted by Crippen LogP contribution is -1.97. The third-order valence-corrected chi connectivity index (χ3v) is 3.46. The van der Waals surface area contributed by atoms with Gasteiger partial charge in [-0.3, -0.25) is 9.48 Å². The van der Waals surface area contributed by atoms with Gasteiger partial charge in [-0.05, 0) is 37.3 Å². The Morgan fingerprint density at radius 3 is 2.57 bits per heavy atom. The zero-order chi connectivity index (χ0) is 14.8. The molecule has 3 aromatic rings. The first-order valence-electron chi connectivity index (χ1n) is 6.54. The molecule has 0 radical (unpaired) electrons. The maximum Gasteiger partial charge on any atom is 0.211 e. The highest BCUT2D eigenvalue weighted by atomic mass is 16.1. The molecule has 0 atom stereocenters. The molecule has 2 aromatic heterocycles. The Morgan fingerprint density at radius 1 is 1.19 bits per heavy atom. The number of nitrogens with one attached hydrogen (secondary N) is 1. The van der Waals surface area contributed by atoms with Crippen LogP contribution in [0.4, 0.5) is 5.69 Å². The maximum absolute atomic E-state index is 10.4. The van der Waals surface area contributed by atoms with Crippen molar-refractivity contribution in [2.75, 3.05) is 5.32 Å². The Bertz CT molecular complexity index is 770. The third-order valence-electron chi connectivity index (χ3n) is 3.46. The topological polar surface area (TPSA) is 64.7 Å². The summed E-state index contributed by atoms with van der Waals surface area (Å²) in [7, 11) is 1.91. The predicted octanol–water partition coefficient (Wildman–Crippen LogP) is 2.15. The molecule has 0 spiro atoms. The lowest BCUT2D eigenvalue weighted by molar-refractivity contribution is -0.105. The van der Waals surface area contributed by atoms with Crippen molar-refractivity contribution in [3.8, 4) is 16.9 Å². The Balaban J connectivity index is 1.91. The average molecular weight is 281 g/mol. The SMILES string of the molecule is Cc1c(-c2ccn(-c3ccc(NC=O)cc3)n2)cnn1C. The van der Waals surface area contributed by atoms with E-state index in [0.717, 1.165) is 28.3 Å². The van der Waals surface area contributed by atoms with Crippen molar-refractivity contribution < 1.29 is 4.79 Å². The average Bonchev–Trinajstić information content (AvgIpc) is 3.09. The van der Waals surface area contributed by atoms with Crippen molar-refractivity contribution in [1.82, 2.24) is 19.6 Å². The number of rotatable bonds is 4. The molecule has 0 saturated heterocycles. The van der Waals surface area contributed by atoms with E-state index < -0.39 is 0 Å². The standard InChI is InChI=1S/C15H15N5O/c1-11-14(9-17-19(11)2)15-7-8-20(18-15)13-5-3-12(4-6-13)16-10-21/h3-10H,1-2H3,(H,16,21). The second-order valence-corrected chi connectivity index (χ2v) is 4.72. The first-order valence-corrected chi connectivity index (χ1v) is 6.54. The number of anilines is 1. The number of carbonyl (C=O) groups excluding carboxylic acids is 1. The minimum atomic E-state index is 0.659. The number of carbonyl (C=O) groups is 1. The molecule has 0 saturated carbocycles. The van der Waals surface area contributed by atoms with Crippen LogP contribution in [0.3, 0.4) is 0 Å². The largest absolute Gasteiger partial charge is 0.329 e. The van der Waals surface area contributed by atoms with Gasteiger partial charge >= 0.3 is 0 Å². The molecule has 1 amide bonds. The van der Waals surface area contributed by atoms with Crippen LogP contribution in [0.5, 0.6) is 0 Å². The van der Waals surface area contributed by atoms with Crippen molar-refractivity contribution >= 4 is 12.1 Å². The smallest absolute Gasteiger partial charge is 0.211 e. The molecule has 6 nitrogen and oxygen atoms in total. The molecule has 0 aliphatic carbocycles. The Morgan fingerprint density at radius 2 is 1.95 bits per heavy atom. The monoisotopic (exact) mass is 281 g/mol.